The molecule has 1 amide bonds. The van der Waals surface area contributed by atoms with Crippen molar-refractivity contribution in [1.82, 2.24) is 14.7 Å². The van der Waals surface area contributed by atoms with E-state index in [4.69, 9.17) is 0 Å². The standard InChI is InChI=1S/C18H12F7N3O2S/c1-26-12(29)7-11-15(18(23,24)25)31-16-27-9(6-13(30)28(11)16)5-8-3-2-4-10(14(8)19)17(20,21)22/h2-4,6H,5,7H2,1H3,(H,26,29). The van der Waals surface area contributed by atoms with Gasteiger partial charge in [-0.05, 0) is 11.6 Å². The van der Waals surface area contributed by atoms with Crippen LogP contribution in [0.1, 0.15) is 27.4 Å². The van der Waals surface area contributed by atoms with Gasteiger partial charge in [-0.1, -0.05) is 23.5 Å². The van der Waals surface area contributed by atoms with E-state index in [2.05, 4.69) is 10.3 Å². The van der Waals surface area contributed by atoms with E-state index in [1.165, 1.54) is 7.05 Å². The van der Waals surface area contributed by atoms with Crippen molar-refractivity contribution in [3.8, 4) is 0 Å². The van der Waals surface area contributed by atoms with Crippen LogP contribution in [0.3, 0.4) is 0 Å². The lowest BCUT2D eigenvalue weighted by Gasteiger charge is -2.11. The maximum absolute atomic E-state index is 14.3. The van der Waals surface area contributed by atoms with Gasteiger partial charge in [0.1, 0.15) is 10.7 Å². The van der Waals surface area contributed by atoms with Crippen LogP contribution in [0, 0.1) is 5.82 Å². The number of hydrogen-bond acceptors (Lipinski definition) is 4. The average Bonchev–Trinajstić information content (AvgIpc) is 3.01. The molecule has 0 aliphatic carbocycles. The molecule has 0 aliphatic rings. The number of nitrogens with zero attached hydrogens (tertiary/aromatic N) is 2. The molecule has 3 aromatic rings. The van der Waals surface area contributed by atoms with Gasteiger partial charge in [-0.2, -0.15) is 26.3 Å². The van der Waals surface area contributed by atoms with Crippen molar-refractivity contribution >= 4 is 22.2 Å². The first-order valence-corrected chi connectivity index (χ1v) is 9.31. The number of halogens is 7. The Morgan fingerprint density at radius 2 is 1.84 bits per heavy atom. The number of amides is 1. The van der Waals surface area contributed by atoms with Gasteiger partial charge in [0.05, 0.1) is 23.4 Å². The molecule has 3 rings (SSSR count). The molecule has 0 radical (unpaired) electrons. The number of benzene rings is 1. The summed E-state index contributed by atoms with van der Waals surface area (Å²) in [6.45, 7) is 0. The fourth-order valence-electron chi connectivity index (χ4n) is 2.92. The molecule has 0 atom stereocenters. The van der Waals surface area contributed by atoms with Crippen LogP contribution in [0.25, 0.3) is 4.96 Å². The van der Waals surface area contributed by atoms with Crippen molar-refractivity contribution in [2.24, 2.45) is 0 Å². The molecule has 0 bridgehead atoms. The van der Waals surface area contributed by atoms with Crippen molar-refractivity contribution in [2.45, 2.75) is 25.2 Å². The van der Waals surface area contributed by atoms with E-state index in [1.807, 2.05) is 0 Å². The Morgan fingerprint density at radius 3 is 2.42 bits per heavy atom. The molecule has 166 valence electrons. The van der Waals surface area contributed by atoms with E-state index < -0.39 is 69.1 Å². The second-order valence-corrected chi connectivity index (χ2v) is 7.36. The van der Waals surface area contributed by atoms with E-state index in [0.717, 1.165) is 18.2 Å². The zero-order valence-corrected chi connectivity index (χ0v) is 16.3. The van der Waals surface area contributed by atoms with Crippen LogP contribution in [0.5, 0.6) is 0 Å². The molecule has 0 saturated heterocycles. The number of carbonyl (C=O) groups excluding carboxylic acids is 1. The first-order chi connectivity index (χ1) is 14.3. The number of thiazole rings is 1. The van der Waals surface area contributed by atoms with Gasteiger partial charge in [0.2, 0.25) is 5.91 Å². The number of likely N-dealkylation sites (N-methyl/N-ethyl adjacent to an activating group) is 1. The Labute approximate surface area is 173 Å². The number of alkyl halides is 6. The van der Waals surface area contributed by atoms with Crippen LogP contribution in [0.2, 0.25) is 0 Å². The minimum atomic E-state index is -4.94. The Balaban J connectivity index is 2.12. The van der Waals surface area contributed by atoms with Crippen molar-refractivity contribution in [3.63, 3.8) is 0 Å². The molecule has 0 aliphatic heterocycles. The van der Waals surface area contributed by atoms with Gasteiger partial charge in [-0.3, -0.25) is 14.0 Å². The van der Waals surface area contributed by atoms with Crippen molar-refractivity contribution in [2.75, 3.05) is 7.05 Å². The van der Waals surface area contributed by atoms with E-state index in [1.54, 1.807) is 0 Å². The van der Waals surface area contributed by atoms with Gasteiger partial charge in [0, 0.05) is 19.5 Å². The summed E-state index contributed by atoms with van der Waals surface area (Å²) in [5, 5.41) is 2.16. The number of carbonyl (C=O) groups is 1. The second-order valence-electron chi connectivity index (χ2n) is 6.38. The van der Waals surface area contributed by atoms with E-state index in [0.29, 0.717) is 10.5 Å². The summed E-state index contributed by atoms with van der Waals surface area (Å²) in [5.41, 5.74) is -3.74. The first-order valence-electron chi connectivity index (χ1n) is 8.49. The maximum atomic E-state index is 14.3. The highest BCUT2D eigenvalue weighted by Crippen LogP contribution is 2.38. The van der Waals surface area contributed by atoms with Crippen molar-refractivity contribution in [1.29, 1.82) is 0 Å². The molecule has 2 aromatic heterocycles. The predicted molar refractivity (Wildman–Crippen MR) is 96.3 cm³/mol. The smallest absolute Gasteiger partial charge is 0.359 e. The topological polar surface area (TPSA) is 63.5 Å². The third-order valence-corrected chi connectivity index (χ3v) is 5.41. The van der Waals surface area contributed by atoms with Crippen LogP contribution in [0.15, 0.2) is 29.1 Å². The molecule has 13 heteroatoms. The molecule has 2 heterocycles. The van der Waals surface area contributed by atoms with Gasteiger partial charge in [-0.15, -0.1) is 0 Å². The molecular formula is C18H12F7N3O2S. The Hall–Kier alpha value is -2.96. The summed E-state index contributed by atoms with van der Waals surface area (Å²) < 4.78 is 93.8. The third-order valence-electron chi connectivity index (χ3n) is 4.29. The van der Waals surface area contributed by atoms with Crippen molar-refractivity contribution < 1.29 is 35.5 Å². The highest BCUT2D eigenvalue weighted by atomic mass is 32.1. The molecule has 0 unspecified atom stereocenters. The molecule has 0 fully saturated rings. The fraction of sp³-hybridized carbons (Fsp3) is 0.278. The monoisotopic (exact) mass is 467 g/mol. The van der Waals surface area contributed by atoms with Gasteiger partial charge >= 0.3 is 12.4 Å². The third kappa shape index (κ3) is 4.55. The van der Waals surface area contributed by atoms with Crippen LogP contribution in [-0.2, 0) is 30.0 Å². The second kappa shape index (κ2) is 7.94. The largest absolute Gasteiger partial charge is 0.427 e. The normalized spacial score (nSPS) is 12.4. The predicted octanol–water partition coefficient (Wildman–Crippen LogP) is 3.81. The minimum absolute atomic E-state index is 0.107. The summed E-state index contributed by atoms with van der Waals surface area (Å²) in [7, 11) is 1.22. The lowest BCUT2D eigenvalue weighted by atomic mass is 10.0. The SMILES string of the molecule is CNC(=O)Cc1c(C(F)(F)F)sc2nc(Cc3cccc(C(F)(F)F)c3F)cc(=O)n12. The molecule has 0 saturated carbocycles. The van der Waals surface area contributed by atoms with E-state index in [9.17, 15) is 40.3 Å². The summed E-state index contributed by atoms with van der Waals surface area (Å²) in [5.74, 6) is -2.33. The Morgan fingerprint density at radius 1 is 1.16 bits per heavy atom. The van der Waals surface area contributed by atoms with Crippen LogP contribution >= 0.6 is 11.3 Å². The highest BCUT2D eigenvalue weighted by molar-refractivity contribution is 7.17. The summed E-state index contributed by atoms with van der Waals surface area (Å²) >= 11 is 0.107. The van der Waals surface area contributed by atoms with E-state index in [-0.39, 0.29) is 17.0 Å². The first kappa shape index (κ1) is 22.7. The Kier molecular flexibility index (Phi) is 5.82. The maximum Gasteiger partial charge on any atom is 0.427 e. The number of rotatable bonds is 4. The molecule has 5 nitrogen and oxygen atoms in total. The summed E-state index contributed by atoms with van der Waals surface area (Å²) in [6, 6.07) is 3.37. The zero-order valence-electron chi connectivity index (χ0n) is 15.5. The lowest BCUT2D eigenvalue weighted by molar-refractivity contribution is -0.140. The summed E-state index contributed by atoms with van der Waals surface area (Å²) in [6.07, 6.45) is -11.1. The van der Waals surface area contributed by atoms with Gasteiger partial charge in [0.15, 0.2) is 4.96 Å². The molecule has 1 aromatic carbocycles. The van der Waals surface area contributed by atoms with Crippen molar-refractivity contribution in [3.05, 3.63) is 67.8 Å². The quantitative estimate of drug-likeness (QED) is 0.594. The number of fused-ring (bicyclic) bond motifs is 1. The molecular weight excluding hydrogens is 455 g/mol. The Bertz CT molecular complexity index is 1210. The molecule has 0 spiro atoms. The lowest BCUT2D eigenvalue weighted by Crippen LogP contribution is -2.25. The van der Waals surface area contributed by atoms with Gasteiger partial charge in [-0.25, -0.2) is 9.37 Å². The van der Waals surface area contributed by atoms with Crippen LogP contribution in [0.4, 0.5) is 30.7 Å². The van der Waals surface area contributed by atoms with Crippen LogP contribution in [-0.4, -0.2) is 22.3 Å². The van der Waals surface area contributed by atoms with Gasteiger partial charge in [0.25, 0.3) is 5.56 Å². The fourth-order valence-corrected chi connectivity index (χ4v) is 3.95. The summed E-state index contributed by atoms with van der Waals surface area (Å²) in [4.78, 5) is 26.4. The highest BCUT2D eigenvalue weighted by Gasteiger charge is 2.38. The van der Waals surface area contributed by atoms with Crippen LogP contribution < -0.4 is 10.9 Å². The molecule has 31 heavy (non-hydrogen) atoms. The van der Waals surface area contributed by atoms with E-state index >= 15 is 0 Å². The number of nitrogens with one attached hydrogen (secondary N) is 1. The zero-order chi connectivity index (χ0) is 23.1. The van der Waals surface area contributed by atoms with Gasteiger partial charge < -0.3 is 5.32 Å². The molecule has 1 N–H and O–H groups in total. The number of aromatic nitrogens is 2. The average molecular weight is 467 g/mol. The number of hydrogen-bond donors (Lipinski definition) is 1. The minimum Gasteiger partial charge on any atom is -0.359 e.